The van der Waals surface area contributed by atoms with Crippen LogP contribution < -0.4 is 21.3 Å². The standard InChI is InChI=1S/C26H24N6O3/c1-35-22-10-9-20(13-27)21(12-22)14-29-26(34)23-17-32(30-25(23)28)16-19-7-5-18(6-8-19)15-31-11-3-2-4-24(31)33/h2-12,17H,14-16H2,1H3,(H2,28,30)(H,29,34). The van der Waals surface area contributed by atoms with Gasteiger partial charge in [0.15, 0.2) is 5.82 Å². The molecule has 3 N–H and O–H groups in total. The van der Waals surface area contributed by atoms with Crippen LogP contribution in [0.3, 0.4) is 0 Å². The molecule has 0 fully saturated rings. The van der Waals surface area contributed by atoms with Crippen LogP contribution in [0.1, 0.15) is 32.6 Å². The van der Waals surface area contributed by atoms with Gasteiger partial charge in [0.05, 0.1) is 31.8 Å². The van der Waals surface area contributed by atoms with E-state index in [4.69, 9.17) is 10.5 Å². The van der Waals surface area contributed by atoms with Crippen LogP contribution in [-0.4, -0.2) is 27.4 Å². The number of nitrogens with one attached hydrogen (secondary N) is 1. The molecule has 4 aromatic rings. The summed E-state index contributed by atoms with van der Waals surface area (Å²) < 4.78 is 8.44. The summed E-state index contributed by atoms with van der Waals surface area (Å²) in [5, 5.41) is 16.4. The van der Waals surface area contributed by atoms with Crippen molar-refractivity contribution >= 4 is 11.7 Å². The molecule has 0 spiro atoms. The first-order valence-corrected chi connectivity index (χ1v) is 10.9. The van der Waals surface area contributed by atoms with Gasteiger partial charge in [-0.05, 0) is 41.0 Å². The molecule has 0 bridgehead atoms. The van der Waals surface area contributed by atoms with E-state index in [0.717, 1.165) is 11.1 Å². The molecule has 0 radical (unpaired) electrons. The molecule has 0 saturated heterocycles. The van der Waals surface area contributed by atoms with Crippen molar-refractivity contribution in [2.24, 2.45) is 0 Å². The maximum atomic E-state index is 12.7. The van der Waals surface area contributed by atoms with Gasteiger partial charge in [0.2, 0.25) is 0 Å². The number of nitrogens with two attached hydrogens (primary N) is 1. The van der Waals surface area contributed by atoms with Crippen LogP contribution in [0.15, 0.2) is 77.9 Å². The largest absolute Gasteiger partial charge is 0.497 e. The lowest BCUT2D eigenvalue weighted by atomic mass is 10.1. The van der Waals surface area contributed by atoms with Crippen LogP contribution in [-0.2, 0) is 19.6 Å². The van der Waals surface area contributed by atoms with Crippen molar-refractivity contribution in [2.75, 3.05) is 12.8 Å². The Morgan fingerprint density at radius 2 is 1.86 bits per heavy atom. The van der Waals surface area contributed by atoms with Crippen molar-refractivity contribution in [3.8, 4) is 11.8 Å². The topological polar surface area (TPSA) is 128 Å². The van der Waals surface area contributed by atoms with E-state index in [1.54, 1.807) is 45.9 Å². The van der Waals surface area contributed by atoms with E-state index < -0.39 is 0 Å². The number of anilines is 1. The fourth-order valence-electron chi connectivity index (χ4n) is 3.64. The Morgan fingerprint density at radius 3 is 2.54 bits per heavy atom. The minimum absolute atomic E-state index is 0.0513. The minimum atomic E-state index is -0.385. The first-order chi connectivity index (χ1) is 17.0. The lowest BCUT2D eigenvalue weighted by Crippen LogP contribution is -2.23. The monoisotopic (exact) mass is 468 g/mol. The van der Waals surface area contributed by atoms with Crippen molar-refractivity contribution < 1.29 is 9.53 Å². The summed E-state index contributed by atoms with van der Waals surface area (Å²) in [5.74, 6) is 0.334. The molecule has 9 nitrogen and oxygen atoms in total. The number of carbonyl (C=O) groups excluding carboxylic acids is 1. The van der Waals surface area contributed by atoms with Crippen LogP contribution in [0.5, 0.6) is 5.75 Å². The highest BCUT2D eigenvalue weighted by atomic mass is 16.5. The first kappa shape index (κ1) is 23.3. The molecule has 176 valence electrons. The SMILES string of the molecule is COc1ccc(C#N)c(CNC(=O)c2cn(Cc3ccc(Cn4ccccc4=O)cc3)nc2N)c1. The number of nitrogen functional groups attached to an aromatic ring is 1. The Morgan fingerprint density at radius 1 is 1.11 bits per heavy atom. The molecule has 0 aliphatic heterocycles. The fraction of sp³-hybridized carbons (Fsp3) is 0.154. The average Bonchev–Trinajstić information content (AvgIpc) is 3.24. The van der Waals surface area contributed by atoms with Crippen LogP contribution in [0.25, 0.3) is 0 Å². The van der Waals surface area contributed by atoms with Gasteiger partial charge in [-0.2, -0.15) is 10.4 Å². The summed E-state index contributed by atoms with van der Waals surface area (Å²) >= 11 is 0. The second-order valence-corrected chi connectivity index (χ2v) is 7.93. The Balaban J connectivity index is 1.40. The number of aromatic nitrogens is 3. The number of benzene rings is 2. The third kappa shape index (κ3) is 5.57. The van der Waals surface area contributed by atoms with Crippen molar-refractivity contribution in [1.29, 1.82) is 5.26 Å². The highest BCUT2D eigenvalue weighted by Crippen LogP contribution is 2.18. The Labute approximate surface area is 202 Å². The van der Waals surface area contributed by atoms with Gasteiger partial charge in [-0.15, -0.1) is 0 Å². The van der Waals surface area contributed by atoms with Crippen LogP contribution >= 0.6 is 0 Å². The summed E-state index contributed by atoms with van der Waals surface area (Å²) in [6.45, 7) is 1.06. The number of pyridine rings is 1. The summed E-state index contributed by atoms with van der Waals surface area (Å²) in [6, 6.07) is 20.0. The molecule has 0 unspecified atom stereocenters. The predicted molar refractivity (Wildman–Crippen MR) is 131 cm³/mol. The molecule has 0 aliphatic rings. The number of carbonyl (C=O) groups is 1. The third-order valence-electron chi connectivity index (χ3n) is 5.53. The molecule has 9 heteroatoms. The summed E-state index contributed by atoms with van der Waals surface area (Å²) in [6.07, 6.45) is 3.35. The second kappa shape index (κ2) is 10.4. The van der Waals surface area contributed by atoms with Crippen molar-refractivity contribution in [2.45, 2.75) is 19.6 Å². The van der Waals surface area contributed by atoms with Crippen molar-refractivity contribution in [1.82, 2.24) is 19.7 Å². The van der Waals surface area contributed by atoms with Gasteiger partial charge in [-0.3, -0.25) is 14.3 Å². The van der Waals surface area contributed by atoms with E-state index in [9.17, 15) is 14.9 Å². The summed E-state index contributed by atoms with van der Waals surface area (Å²) in [4.78, 5) is 24.6. The first-order valence-electron chi connectivity index (χ1n) is 10.9. The van der Waals surface area contributed by atoms with Gasteiger partial charge in [0.25, 0.3) is 11.5 Å². The Hall–Kier alpha value is -4.84. The molecule has 2 heterocycles. The molecule has 2 aromatic heterocycles. The Bertz CT molecular complexity index is 1450. The van der Waals surface area contributed by atoms with E-state index >= 15 is 0 Å². The van der Waals surface area contributed by atoms with E-state index in [2.05, 4.69) is 16.5 Å². The van der Waals surface area contributed by atoms with E-state index in [-0.39, 0.29) is 29.4 Å². The van der Waals surface area contributed by atoms with Gasteiger partial charge in [0.1, 0.15) is 11.3 Å². The normalized spacial score (nSPS) is 10.5. The summed E-state index contributed by atoms with van der Waals surface area (Å²) in [5.41, 5.74) is 9.26. The number of ether oxygens (including phenoxy) is 1. The highest BCUT2D eigenvalue weighted by molar-refractivity contribution is 5.98. The molecule has 0 aliphatic carbocycles. The molecule has 0 saturated carbocycles. The lowest BCUT2D eigenvalue weighted by molar-refractivity contribution is 0.0951. The number of methoxy groups -OCH3 is 1. The van der Waals surface area contributed by atoms with E-state index in [1.165, 1.54) is 13.2 Å². The Kier molecular flexibility index (Phi) is 6.93. The molecular weight excluding hydrogens is 444 g/mol. The maximum Gasteiger partial charge on any atom is 0.256 e. The third-order valence-corrected chi connectivity index (χ3v) is 5.53. The van der Waals surface area contributed by atoms with Crippen molar-refractivity contribution in [3.05, 3.63) is 111 Å². The van der Waals surface area contributed by atoms with E-state index in [1.807, 2.05) is 30.3 Å². The fourth-order valence-corrected chi connectivity index (χ4v) is 3.64. The zero-order valence-electron chi connectivity index (χ0n) is 19.1. The number of amides is 1. The molecule has 0 atom stereocenters. The minimum Gasteiger partial charge on any atom is -0.497 e. The number of rotatable bonds is 8. The van der Waals surface area contributed by atoms with Crippen molar-refractivity contribution in [3.63, 3.8) is 0 Å². The van der Waals surface area contributed by atoms with Crippen LogP contribution in [0.4, 0.5) is 5.82 Å². The molecule has 2 aromatic carbocycles. The predicted octanol–water partition coefficient (Wildman–Crippen LogP) is 2.53. The van der Waals surface area contributed by atoms with Crippen LogP contribution in [0.2, 0.25) is 0 Å². The smallest absolute Gasteiger partial charge is 0.256 e. The van der Waals surface area contributed by atoms with E-state index in [0.29, 0.717) is 30.0 Å². The number of nitrogens with zero attached hydrogens (tertiary/aromatic N) is 4. The highest BCUT2D eigenvalue weighted by Gasteiger charge is 2.15. The number of hydrogen-bond donors (Lipinski definition) is 2. The van der Waals surface area contributed by atoms with Gasteiger partial charge >= 0.3 is 0 Å². The zero-order chi connectivity index (χ0) is 24.8. The lowest BCUT2D eigenvalue weighted by Gasteiger charge is -2.08. The molecule has 1 amide bonds. The zero-order valence-corrected chi connectivity index (χ0v) is 19.1. The number of hydrogen-bond acceptors (Lipinski definition) is 6. The average molecular weight is 469 g/mol. The van der Waals surface area contributed by atoms with Gasteiger partial charge in [0, 0.05) is 25.0 Å². The summed E-state index contributed by atoms with van der Waals surface area (Å²) in [7, 11) is 1.54. The van der Waals surface area contributed by atoms with Crippen LogP contribution in [0, 0.1) is 11.3 Å². The number of nitriles is 1. The van der Waals surface area contributed by atoms with Gasteiger partial charge in [-0.1, -0.05) is 30.3 Å². The second-order valence-electron chi connectivity index (χ2n) is 7.93. The molecule has 4 rings (SSSR count). The maximum absolute atomic E-state index is 12.7. The molecule has 35 heavy (non-hydrogen) atoms. The van der Waals surface area contributed by atoms with Gasteiger partial charge < -0.3 is 20.4 Å². The van der Waals surface area contributed by atoms with Gasteiger partial charge in [-0.25, -0.2) is 0 Å². The molecular formula is C26H24N6O3. The quantitative estimate of drug-likeness (QED) is 0.409.